The number of pyridine rings is 2. The minimum absolute atomic E-state index is 0.282. The van der Waals surface area contributed by atoms with Gasteiger partial charge in [-0.25, -0.2) is 14.4 Å². The molecule has 0 bridgehead atoms. The summed E-state index contributed by atoms with van der Waals surface area (Å²) in [6.45, 7) is 16.5. The predicted octanol–water partition coefficient (Wildman–Crippen LogP) is 9.10. The number of H-pyrrole nitrogens is 1. The van der Waals surface area contributed by atoms with Crippen LogP contribution < -0.4 is 10.6 Å². The molecule has 3 aromatic heterocycles. The monoisotopic (exact) mass is 574 g/mol. The lowest BCUT2D eigenvalue weighted by Gasteiger charge is -2.23. The molecule has 0 radical (unpaired) electrons. The Morgan fingerprint density at radius 1 is 1.12 bits per heavy atom. The third kappa shape index (κ3) is 7.00. The van der Waals surface area contributed by atoms with Crippen LogP contribution in [-0.4, -0.2) is 20.2 Å². The van der Waals surface area contributed by atoms with Crippen LogP contribution in [0.4, 0.5) is 10.2 Å². The van der Waals surface area contributed by atoms with E-state index in [1.165, 1.54) is 44.2 Å². The van der Waals surface area contributed by atoms with E-state index >= 15 is 0 Å². The van der Waals surface area contributed by atoms with Gasteiger partial charge in [-0.2, -0.15) is 5.10 Å². The maximum Gasteiger partial charge on any atom is 0.181 e. The fraction of sp³-hybridized carbons (Fsp3) is 0.250. The van der Waals surface area contributed by atoms with Crippen LogP contribution in [0.15, 0.2) is 98.2 Å². The van der Waals surface area contributed by atoms with Crippen molar-refractivity contribution in [2.75, 3.05) is 5.32 Å². The number of nitrogens with one attached hydrogen (secondary N) is 3. The Morgan fingerprint density at radius 2 is 1.93 bits per heavy atom. The van der Waals surface area contributed by atoms with Gasteiger partial charge in [-0.05, 0) is 84.9 Å². The number of fused-ring (bicyclic) bond motifs is 1. The van der Waals surface area contributed by atoms with Crippen molar-refractivity contribution in [2.45, 2.75) is 52.4 Å². The molecule has 220 valence electrons. The summed E-state index contributed by atoms with van der Waals surface area (Å²) in [5.74, 6) is 1.05. The highest BCUT2D eigenvalue weighted by Gasteiger charge is 2.16. The number of halogens is 1. The number of benzene rings is 1. The number of allylic oxidation sites excluding steroid dienone is 5. The predicted molar refractivity (Wildman–Crippen MR) is 176 cm³/mol. The standard InChI is InChI=1S/C36H39FN6/c1-6-27(20-31(7-2)40-23(3)18-26-12-9-8-10-13-26)29-21-33-34(42-43-36(33)39-22-29)25(5)41-35-24(4)32(16-17-38-35)28-14-11-15-30(37)19-28/h6-7,11,14-17,19-22,26,40H,2-3,5,8-10,12-13,18H2,1,4H3,(H,38,41)(H,39,42,43)/b27-6+,31-20+. The molecule has 0 unspecified atom stereocenters. The van der Waals surface area contributed by atoms with E-state index in [1.54, 1.807) is 12.3 Å². The van der Waals surface area contributed by atoms with E-state index in [0.717, 1.165) is 51.0 Å². The van der Waals surface area contributed by atoms with E-state index in [2.05, 4.69) is 68.8 Å². The lowest BCUT2D eigenvalue weighted by molar-refractivity contribution is 0.353. The molecule has 1 aliphatic rings. The van der Waals surface area contributed by atoms with Gasteiger partial charge in [-0.15, -0.1) is 0 Å². The van der Waals surface area contributed by atoms with Gasteiger partial charge in [0, 0.05) is 34.7 Å². The Bertz CT molecular complexity index is 1720. The lowest BCUT2D eigenvalue weighted by atomic mass is 9.86. The summed E-state index contributed by atoms with van der Waals surface area (Å²) >= 11 is 0. The van der Waals surface area contributed by atoms with Crippen LogP contribution in [-0.2, 0) is 0 Å². The van der Waals surface area contributed by atoms with Crippen molar-refractivity contribution < 1.29 is 4.39 Å². The van der Waals surface area contributed by atoms with E-state index in [0.29, 0.717) is 28.8 Å². The number of hydrogen-bond donors (Lipinski definition) is 3. The summed E-state index contributed by atoms with van der Waals surface area (Å²) in [4.78, 5) is 9.14. The zero-order valence-corrected chi connectivity index (χ0v) is 25.0. The zero-order chi connectivity index (χ0) is 30.3. The highest BCUT2D eigenvalue weighted by Crippen LogP contribution is 2.31. The van der Waals surface area contributed by atoms with Crippen molar-refractivity contribution in [2.24, 2.45) is 5.92 Å². The van der Waals surface area contributed by atoms with Crippen molar-refractivity contribution in [1.29, 1.82) is 0 Å². The van der Waals surface area contributed by atoms with Crippen LogP contribution in [0.2, 0.25) is 0 Å². The first-order chi connectivity index (χ1) is 20.9. The Labute approximate surface area is 253 Å². The SMILES string of the molecule is C=C/C(=C\C(=C/C)c1cnc2n[nH]c(C(=C)Nc3nccc(-c4cccc(F)c4)c3C)c2c1)NC(=C)CC1CCCCC1. The number of rotatable bonds is 11. The summed E-state index contributed by atoms with van der Waals surface area (Å²) in [7, 11) is 0. The van der Waals surface area contributed by atoms with Crippen molar-refractivity contribution in [3.8, 4) is 11.1 Å². The van der Waals surface area contributed by atoms with Gasteiger partial charge in [0.1, 0.15) is 11.6 Å². The van der Waals surface area contributed by atoms with E-state index < -0.39 is 0 Å². The maximum absolute atomic E-state index is 13.9. The second-order valence-corrected chi connectivity index (χ2v) is 11.1. The number of aromatic nitrogens is 4. The van der Waals surface area contributed by atoms with E-state index in [1.807, 2.05) is 38.3 Å². The highest BCUT2D eigenvalue weighted by molar-refractivity contribution is 5.93. The molecule has 3 N–H and O–H groups in total. The average molecular weight is 575 g/mol. The van der Waals surface area contributed by atoms with Crippen LogP contribution >= 0.6 is 0 Å². The molecule has 0 amide bonds. The summed E-state index contributed by atoms with van der Waals surface area (Å²) in [5.41, 5.74) is 8.30. The van der Waals surface area contributed by atoms with Crippen molar-refractivity contribution in [3.05, 3.63) is 121 Å². The van der Waals surface area contributed by atoms with Crippen molar-refractivity contribution in [1.82, 2.24) is 25.5 Å². The second-order valence-electron chi connectivity index (χ2n) is 11.1. The Morgan fingerprint density at radius 3 is 2.67 bits per heavy atom. The molecule has 5 rings (SSSR count). The van der Waals surface area contributed by atoms with Gasteiger partial charge in [-0.3, -0.25) is 5.10 Å². The highest BCUT2D eigenvalue weighted by atomic mass is 19.1. The molecular formula is C36H39FN6. The van der Waals surface area contributed by atoms with Gasteiger partial charge in [-0.1, -0.05) is 70.0 Å². The molecule has 1 saturated carbocycles. The molecule has 1 aliphatic carbocycles. The van der Waals surface area contributed by atoms with Crippen LogP contribution in [0.3, 0.4) is 0 Å². The first-order valence-corrected chi connectivity index (χ1v) is 14.8. The fourth-order valence-electron chi connectivity index (χ4n) is 5.77. The molecule has 43 heavy (non-hydrogen) atoms. The molecule has 0 spiro atoms. The van der Waals surface area contributed by atoms with Crippen LogP contribution in [0.25, 0.3) is 33.4 Å². The average Bonchev–Trinajstić information content (AvgIpc) is 3.44. The number of nitrogens with zero attached hydrogens (tertiary/aromatic N) is 3. The van der Waals surface area contributed by atoms with Gasteiger partial charge in [0.2, 0.25) is 0 Å². The molecule has 0 aliphatic heterocycles. The minimum Gasteiger partial charge on any atom is -0.359 e. The molecule has 6 nitrogen and oxygen atoms in total. The Hall–Kier alpha value is -4.78. The summed E-state index contributed by atoms with van der Waals surface area (Å²) in [6, 6.07) is 10.5. The molecule has 1 fully saturated rings. The van der Waals surface area contributed by atoms with E-state index in [-0.39, 0.29) is 5.82 Å². The third-order valence-electron chi connectivity index (χ3n) is 8.08. The molecule has 0 saturated heterocycles. The lowest BCUT2D eigenvalue weighted by Crippen LogP contribution is -2.16. The molecule has 7 heteroatoms. The van der Waals surface area contributed by atoms with Gasteiger partial charge < -0.3 is 10.6 Å². The zero-order valence-electron chi connectivity index (χ0n) is 25.0. The fourth-order valence-corrected chi connectivity index (χ4v) is 5.77. The molecular weight excluding hydrogens is 535 g/mol. The molecule has 1 aromatic carbocycles. The first kappa shape index (κ1) is 29.7. The number of aromatic amines is 1. The van der Waals surface area contributed by atoms with Crippen LogP contribution in [0.5, 0.6) is 0 Å². The maximum atomic E-state index is 13.9. The smallest absolute Gasteiger partial charge is 0.181 e. The number of anilines is 1. The number of hydrogen-bond acceptors (Lipinski definition) is 5. The summed E-state index contributed by atoms with van der Waals surface area (Å²) < 4.78 is 13.9. The first-order valence-electron chi connectivity index (χ1n) is 14.8. The Kier molecular flexibility index (Phi) is 9.30. The normalized spacial score (nSPS) is 14.5. The topological polar surface area (TPSA) is 78.5 Å². The van der Waals surface area contributed by atoms with Gasteiger partial charge in [0.15, 0.2) is 5.65 Å². The van der Waals surface area contributed by atoms with Crippen molar-refractivity contribution in [3.63, 3.8) is 0 Å². The molecule has 0 atom stereocenters. The van der Waals surface area contributed by atoms with E-state index in [4.69, 9.17) is 0 Å². The van der Waals surface area contributed by atoms with Crippen molar-refractivity contribution >= 4 is 28.1 Å². The van der Waals surface area contributed by atoms with Crippen LogP contribution in [0, 0.1) is 18.7 Å². The quantitative estimate of drug-likeness (QED) is 0.156. The summed E-state index contributed by atoms with van der Waals surface area (Å²) in [6.07, 6.45) is 17.0. The third-order valence-corrected chi connectivity index (χ3v) is 8.08. The van der Waals surface area contributed by atoms with E-state index in [9.17, 15) is 4.39 Å². The second kappa shape index (κ2) is 13.5. The van der Waals surface area contributed by atoms with Gasteiger partial charge in [0.05, 0.1) is 11.4 Å². The Balaban J connectivity index is 1.36. The van der Waals surface area contributed by atoms with Gasteiger partial charge >= 0.3 is 0 Å². The largest absolute Gasteiger partial charge is 0.359 e. The molecule has 4 aromatic rings. The summed E-state index contributed by atoms with van der Waals surface area (Å²) in [5, 5.41) is 15.1. The molecule has 3 heterocycles. The van der Waals surface area contributed by atoms with Gasteiger partial charge in [0.25, 0.3) is 0 Å². The minimum atomic E-state index is -0.282. The van der Waals surface area contributed by atoms with Crippen LogP contribution in [0.1, 0.15) is 62.3 Å².